The third kappa shape index (κ3) is 4.37. The number of anilines is 2. The maximum absolute atomic E-state index is 12.2. The van der Waals surface area contributed by atoms with Crippen LogP contribution < -0.4 is 10.6 Å². The Morgan fingerprint density at radius 2 is 1.96 bits per heavy atom. The van der Waals surface area contributed by atoms with Crippen LogP contribution in [0.1, 0.15) is 42.6 Å². The lowest BCUT2D eigenvalue weighted by atomic mass is 9.95. The molecule has 1 aromatic heterocycles. The summed E-state index contributed by atoms with van der Waals surface area (Å²) in [5.74, 6) is -0.102. The van der Waals surface area contributed by atoms with E-state index in [0.717, 1.165) is 18.5 Å². The second kappa shape index (κ2) is 7.51. The minimum absolute atomic E-state index is 0.102. The van der Waals surface area contributed by atoms with Crippen molar-refractivity contribution in [3.05, 3.63) is 39.3 Å². The van der Waals surface area contributed by atoms with Crippen LogP contribution in [-0.2, 0) is 0 Å². The van der Waals surface area contributed by atoms with Gasteiger partial charge in [-0.2, -0.15) is 0 Å². The summed E-state index contributed by atoms with van der Waals surface area (Å²) in [4.78, 5) is 16.6. The fraction of sp³-hybridized carbons (Fsp3) is 0.375. The van der Waals surface area contributed by atoms with Crippen molar-refractivity contribution in [2.75, 3.05) is 5.32 Å². The maximum atomic E-state index is 12.2. The molecule has 0 bridgehead atoms. The number of benzene rings is 1. The first-order valence-corrected chi connectivity index (χ1v) is 9.24. The van der Waals surface area contributed by atoms with Crippen LogP contribution in [0.15, 0.2) is 23.6 Å². The van der Waals surface area contributed by atoms with Crippen molar-refractivity contribution in [3.63, 3.8) is 0 Å². The first-order valence-electron chi connectivity index (χ1n) is 7.60. The number of hydrogen-bond donors (Lipinski definition) is 2. The Hall–Kier alpha value is -1.30. The third-order valence-corrected chi connectivity index (χ3v) is 5.34. The fourth-order valence-electron chi connectivity index (χ4n) is 2.64. The van der Waals surface area contributed by atoms with Gasteiger partial charge in [0.1, 0.15) is 5.69 Å². The van der Waals surface area contributed by atoms with Gasteiger partial charge in [-0.05, 0) is 31.0 Å². The number of thiazole rings is 1. The van der Waals surface area contributed by atoms with Crippen molar-refractivity contribution >= 4 is 51.3 Å². The number of nitrogens with zero attached hydrogens (tertiary/aromatic N) is 1. The first-order chi connectivity index (χ1) is 11.1. The Morgan fingerprint density at radius 3 is 2.70 bits per heavy atom. The molecule has 1 aliphatic carbocycles. The average molecular weight is 370 g/mol. The van der Waals surface area contributed by atoms with E-state index in [4.69, 9.17) is 23.2 Å². The molecule has 1 heterocycles. The zero-order valence-electron chi connectivity index (χ0n) is 12.4. The lowest BCUT2D eigenvalue weighted by Gasteiger charge is -2.22. The van der Waals surface area contributed by atoms with Crippen molar-refractivity contribution in [2.45, 2.75) is 38.1 Å². The van der Waals surface area contributed by atoms with Crippen LogP contribution in [0.5, 0.6) is 0 Å². The number of rotatable bonds is 4. The summed E-state index contributed by atoms with van der Waals surface area (Å²) in [6.45, 7) is 0. The number of hydrogen-bond acceptors (Lipinski definition) is 4. The molecule has 0 aliphatic heterocycles. The minimum Gasteiger partial charge on any atom is -0.348 e. The zero-order valence-corrected chi connectivity index (χ0v) is 14.8. The molecule has 122 valence electrons. The summed E-state index contributed by atoms with van der Waals surface area (Å²) >= 11 is 13.3. The molecule has 2 N–H and O–H groups in total. The predicted octanol–water partition coefficient (Wildman–Crippen LogP) is 5.26. The van der Waals surface area contributed by atoms with Gasteiger partial charge < -0.3 is 10.6 Å². The highest BCUT2D eigenvalue weighted by Crippen LogP contribution is 2.28. The molecule has 7 heteroatoms. The number of aromatic nitrogens is 1. The number of halogens is 2. The van der Waals surface area contributed by atoms with Crippen molar-refractivity contribution < 1.29 is 4.79 Å². The summed E-state index contributed by atoms with van der Waals surface area (Å²) in [5, 5.41) is 9.59. The molecule has 1 aromatic carbocycles. The van der Waals surface area contributed by atoms with Crippen LogP contribution in [0.25, 0.3) is 0 Å². The summed E-state index contributed by atoms with van der Waals surface area (Å²) in [6, 6.07) is 5.55. The van der Waals surface area contributed by atoms with Gasteiger partial charge in [-0.25, -0.2) is 4.98 Å². The Kier molecular flexibility index (Phi) is 5.41. The number of carbonyl (C=O) groups excluding carboxylic acids is 1. The van der Waals surface area contributed by atoms with Gasteiger partial charge in [-0.1, -0.05) is 42.5 Å². The van der Waals surface area contributed by atoms with Gasteiger partial charge in [0.15, 0.2) is 5.13 Å². The highest BCUT2D eigenvalue weighted by molar-refractivity contribution is 7.14. The Bertz CT molecular complexity index is 698. The van der Waals surface area contributed by atoms with E-state index in [2.05, 4.69) is 15.6 Å². The van der Waals surface area contributed by atoms with E-state index in [0.29, 0.717) is 20.9 Å². The summed E-state index contributed by atoms with van der Waals surface area (Å²) < 4.78 is 0. The van der Waals surface area contributed by atoms with E-state index in [1.54, 1.807) is 17.5 Å². The molecule has 1 amide bonds. The van der Waals surface area contributed by atoms with Gasteiger partial charge in [0.2, 0.25) is 0 Å². The van der Waals surface area contributed by atoms with E-state index in [-0.39, 0.29) is 11.9 Å². The Balaban J connectivity index is 1.62. The SMILES string of the molecule is O=C(NC1CCCCC1)c1csc(Nc2ccc(Cl)c(Cl)c2)n1. The third-order valence-electron chi connectivity index (χ3n) is 3.85. The second-order valence-electron chi connectivity index (χ2n) is 5.60. The molecule has 4 nitrogen and oxygen atoms in total. The largest absolute Gasteiger partial charge is 0.348 e. The minimum atomic E-state index is -0.102. The normalized spacial score (nSPS) is 15.4. The summed E-state index contributed by atoms with van der Waals surface area (Å²) in [5.41, 5.74) is 1.23. The highest BCUT2D eigenvalue weighted by Gasteiger charge is 2.18. The quantitative estimate of drug-likeness (QED) is 0.772. The molecule has 0 atom stereocenters. The molecule has 3 rings (SSSR count). The molecule has 1 saturated carbocycles. The molecule has 0 saturated heterocycles. The predicted molar refractivity (Wildman–Crippen MR) is 96.2 cm³/mol. The van der Waals surface area contributed by atoms with Gasteiger partial charge >= 0.3 is 0 Å². The molecule has 0 radical (unpaired) electrons. The molecule has 0 unspecified atom stereocenters. The molecule has 1 aliphatic rings. The highest BCUT2D eigenvalue weighted by atomic mass is 35.5. The van der Waals surface area contributed by atoms with Crippen LogP contribution in [0.4, 0.5) is 10.8 Å². The van der Waals surface area contributed by atoms with Crippen molar-refractivity contribution in [2.24, 2.45) is 0 Å². The summed E-state index contributed by atoms with van der Waals surface area (Å²) in [7, 11) is 0. The van der Waals surface area contributed by atoms with Gasteiger partial charge in [0.05, 0.1) is 10.0 Å². The molecule has 2 aromatic rings. The molecule has 23 heavy (non-hydrogen) atoms. The van der Waals surface area contributed by atoms with Gasteiger partial charge in [-0.3, -0.25) is 4.79 Å². The van der Waals surface area contributed by atoms with E-state index < -0.39 is 0 Å². The Labute approximate surface area is 149 Å². The van der Waals surface area contributed by atoms with Crippen LogP contribution in [0.2, 0.25) is 10.0 Å². The smallest absolute Gasteiger partial charge is 0.271 e. The lowest BCUT2D eigenvalue weighted by Crippen LogP contribution is -2.36. The topological polar surface area (TPSA) is 54.0 Å². The molecule has 0 spiro atoms. The fourth-order valence-corrected chi connectivity index (χ4v) is 3.65. The van der Waals surface area contributed by atoms with Crippen LogP contribution in [-0.4, -0.2) is 16.9 Å². The maximum Gasteiger partial charge on any atom is 0.271 e. The average Bonchev–Trinajstić information content (AvgIpc) is 3.01. The lowest BCUT2D eigenvalue weighted by molar-refractivity contribution is 0.0923. The van der Waals surface area contributed by atoms with E-state index >= 15 is 0 Å². The van der Waals surface area contributed by atoms with E-state index in [1.807, 2.05) is 6.07 Å². The monoisotopic (exact) mass is 369 g/mol. The zero-order chi connectivity index (χ0) is 16.2. The van der Waals surface area contributed by atoms with E-state index in [9.17, 15) is 4.79 Å². The first kappa shape index (κ1) is 16.6. The van der Waals surface area contributed by atoms with Crippen molar-refractivity contribution in [1.82, 2.24) is 10.3 Å². The molecular formula is C16H17Cl2N3OS. The molecular weight excluding hydrogens is 353 g/mol. The number of amides is 1. The molecule has 1 fully saturated rings. The van der Waals surface area contributed by atoms with Crippen LogP contribution in [0.3, 0.4) is 0 Å². The van der Waals surface area contributed by atoms with Gasteiger partial charge in [0.25, 0.3) is 5.91 Å². The van der Waals surface area contributed by atoms with Crippen LogP contribution >= 0.6 is 34.5 Å². The van der Waals surface area contributed by atoms with Crippen molar-refractivity contribution in [3.8, 4) is 0 Å². The summed E-state index contributed by atoms with van der Waals surface area (Å²) in [6.07, 6.45) is 5.76. The number of carbonyl (C=O) groups is 1. The Morgan fingerprint density at radius 1 is 1.17 bits per heavy atom. The van der Waals surface area contributed by atoms with Gasteiger partial charge in [-0.15, -0.1) is 11.3 Å². The van der Waals surface area contributed by atoms with E-state index in [1.165, 1.54) is 30.6 Å². The van der Waals surface area contributed by atoms with Crippen LogP contribution in [0, 0.1) is 0 Å². The standard InChI is InChI=1S/C16H17Cl2N3OS/c17-12-7-6-11(8-13(12)18)20-16-21-14(9-23-16)15(22)19-10-4-2-1-3-5-10/h6-10H,1-5H2,(H,19,22)(H,20,21). The van der Waals surface area contributed by atoms with Crippen molar-refractivity contribution in [1.29, 1.82) is 0 Å². The van der Waals surface area contributed by atoms with Gasteiger partial charge in [0, 0.05) is 17.1 Å². The second-order valence-corrected chi connectivity index (χ2v) is 7.27. The number of nitrogens with one attached hydrogen (secondary N) is 2.